The van der Waals surface area contributed by atoms with Crippen LogP contribution in [0.4, 0.5) is 5.69 Å². The largest absolute Gasteiger partial charge is 0.496 e. The van der Waals surface area contributed by atoms with Crippen molar-refractivity contribution in [2.75, 3.05) is 31.6 Å². The zero-order valence-electron chi connectivity index (χ0n) is 17.7. The highest BCUT2D eigenvalue weighted by molar-refractivity contribution is 6.05. The van der Waals surface area contributed by atoms with Gasteiger partial charge in [-0.25, -0.2) is 0 Å². The lowest BCUT2D eigenvalue weighted by molar-refractivity contribution is -0.117. The van der Waals surface area contributed by atoms with E-state index in [0.717, 1.165) is 74.3 Å². The van der Waals surface area contributed by atoms with Gasteiger partial charge in [-0.15, -0.1) is 0 Å². The fourth-order valence-electron chi connectivity index (χ4n) is 4.58. The number of carbonyl (C=O) groups is 2. The van der Waals surface area contributed by atoms with Crippen LogP contribution in [0.5, 0.6) is 5.75 Å². The van der Waals surface area contributed by atoms with Crippen LogP contribution in [-0.2, 0) is 24.1 Å². The Morgan fingerprint density at radius 3 is 2.83 bits per heavy atom. The molecule has 0 fully saturated rings. The number of unbranched alkanes of at least 4 members (excludes halogenated alkanes) is 1. The normalized spacial score (nSPS) is 14.7. The fraction of sp³-hybridized carbons (Fsp3) is 0.440. The number of Topliss-reactive ketones (excluding diaryl/α,β-unsaturated/α-hetero) is 1. The molecule has 158 valence electrons. The molecular weight excluding hydrogens is 376 g/mol. The SMILES string of the molecule is COc1ccccc1CCNCCCCC(=O)c1cc2c3c(c1)CC(=O)N3CCC2. The van der Waals surface area contributed by atoms with Gasteiger partial charge in [-0.1, -0.05) is 18.2 Å². The molecule has 0 saturated carbocycles. The lowest BCUT2D eigenvalue weighted by atomic mass is 9.94. The Kier molecular flexibility index (Phi) is 6.48. The maximum Gasteiger partial charge on any atom is 0.231 e. The third kappa shape index (κ3) is 4.41. The smallest absolute Gasteiger partial charge is 0.231 e. The molecule has 1 N–H and O–H groups in total. The van der Waals surface area contributed by atoms with Crippen LogP contribution >= 0.6 is 0 Å². The van der Waals surface area contributed by atoms with Crippen molar-refractivity contribution >= 4 is 17.4 Å². The van der Waals surface area contributed by atoms with Crippen molar-refractivity contribution in [1.82, 2.24) is 5.32 Å². The first-order valence-corrected chi connectivity index (χ1v) is 11.0. The van der Waals surface area contributed by atoms with Crippen LogP contribution in [0.3, 0.4) is 0 Å². The molecule has 0 bridgehead atoms. The Morgan fingerprint density at radius 2 is 1.97 bits per heavy atom. The lowest BCUT2D eigenvalue weighted by Crippen LogP contribution is -2.31. The Labute approximate surface area is 178 Å². The fourth-order valence-corrected chi connectivity index (χ4v) is 4.58. The van der Waals surface area contributed by atoms with Gasteiger partial charge in [0.15, 0.2) is 5.78 Å². The van der Waals surface area contributed by atoms with E-state index in [9.17, 15) is 9.59 Å². The van der Waals surface area contributed by atoms with Gasteiger partial charge in [0.25, 0.3) is 0 Å². The van der Waals surface area contributed by atoms with E-state index in [-0.39, 0.29) is 11.7 Å². The predicted molar refractivity (Wildman–Crippen MR) is 119 cm³/mol. The summed E-state index contributed by atoms with van der Waals surface area (Å²) in [4.78, 5) is 26.8. The maximum absolute atomic E-state index is 12.7. The highest BCUT2D eigenvalue weighted by atomic mass is 16.5. The summed E-state index contributed by atoms with van der Waals surface area (Å²) in [5.74, 6) is 1.30. The number of nitrogens with one attached hydrogen (secondary N) is 1. The average Bonchev–Trinajstić information content (AvgIpc) is 3.10. The number of ether oxygens (including phenoxy) is 1. The van der Waals surface area contributed by atoms with Crippen molar-refractivity contribution in [3.8, 4) is 5.75 Å². The molecule has 30 heavy (non-hydrogen) atoms. The van der Waals surface area contributed by atoms with Crippen LogP contribution in [0.1, 0.15) is 52.7 Å². The van der Waals surface area contributed by atoms with Crippen LogP contribution in [0, 0.1) is 0 Å². The van der Waals surface area contributed by atoms with Gasteiger partial charge in [-0.05, 0) is 80.1 Å². The molecule has 2 aromatic rings. The number of methoxy groups -OCH3 is 1. The van der Waals surface area contributed by atoms with E-state index in [0.29, 0.717) is 12.8 Å². The number of ketones is 1. The summed E-state index contributed by atoms with van der Waals surface area (Å²) < 4.78 is 5.38. The third-order valence-corrected chi connectivity index (χ3v) is 6.10. The van der Waals surface area contributed by atoms with E-state index in [2.05, 4.69) is 11.4 Å². The van der Waals surface area contributed by atoms with E-state index in [4.69, 9.17) is 4.74 Å². The molecule has 0 aliphatic carbocycles. The molecule has 0 unspecified atom stereocenters. The number of aryl methyl sites for hydroxylation is 1. The zero-order chi connectivity index (χ0) is 20.9. The summed E-state index contributed by atoms with van der Waals surface area (Å²) in [5.41, 5.74) is 5.29. The molecule has 2 heterocycles. The molecule has 2 aliphatic rings. The molecule has 0 saturated heterocycles. The molecule has 2 aromatic carbocycles. The molecule has 0 atom stereocenters. The quantitative estimate of drug-likeness (QED) is 0.483. The summed E-state index contributed by atoms with van der Waals surface area (Å²) in [6.07, 6.45) is 5.72. The standard InChI is InChI=1S/C25H30N2O3/c1-30-23-10-3-2-7-18(23)11-13-26-12-5-4-9-22(28)20-15-19-8-6-14-27-24(29)17-21(16-20)25(19)27/h2-3,7,10,15-16,26H,4-6,8-9,11-14,17H2,1H3. The van der Waals surface area contributed by atoms with Crippen molar-refractivity contribution in [2.45, 2.75) is 44.9 Å². The third-order valence-electron chi connectivity index (χ3n) is 6.10. The second kappa shape index (κ2) is 9.43. The van der Waals surface area contributed by atoms with Crippen LogP contribution in [0.15, 0.2) is 36.4 Å². The Hall–Kier alpha value is -2.66. The second-order valence-corrected chi connectivity index (χ2v) is 8.16. The molecule has 4 rings (SSSR count). The lowest BCUT2D eigenvalue weighted by Gasteiger charge is -2.25. The van der Waals surface area contributed by atoms with E-state index in [1.165, 1.54) is 11.1 Å². The maximum atomic E-state index is 12.7. The summed E-state index contributed by atoms with van der Waals surface area (Å²) in [5, 5.41) is 3.46. The number of hydrogen-bond acceptors (Lipinski definition) is 4. The van der Waals surface area contributed by atoms with Gasteiger partial charge in [0.05, 0.1) is 19.2 Å². The number of hydrogen-bond donors (Lipinski definition) is 1. The van der Waals surface area contributed by atoms with Crippen molar-refractivity contribution in [3.63, 3.8) is 0 Å². The molecule has 0 radical (unpaired) electrons. The average molecular weight is 407 g/mol. The summed E-state index contributed by atoms with van der Waals surface area (Å²) in [6.45, 7) is 2.62. The van der Waals surface area contributed by atoms with Gasteiger partial charge in [0.1, 0.15) is 5.75 Å². The van der Waals surface area contributed by atoms with Crippen molar-refractivity contribution in [1.29, 1.82) is 0 Å². The number of benzene rings is 2. The van der Waals surface area contributed by atoms with Crippen molar-refractivity contribution in [3.05, 3.63) is 58.7 Å². The Morgan fingerprint density at radius 1 is 1.13 bits per heavy atom. The van der Waals surface area contributed by atoms with Crippen LogP contribution in [0.25, 0.3) is 0 Å². The highest BCUT2D eigenvalue weighted by Crippen LogP contribution is 2.37. The van der Waals surface area contributed by atoms with Crippen molar-refractivity contribution < 1.29 is 14.3 Å². The monoisotopic (exact) mass is 406 g/mol. The highest BCUT2D eigenvalue weighted by Gasteiger charge is 2.32. The van der Waals surface area contributed by atoms with Gasteiger partial charge >= 0.3 is 0 Å². The number of nitrogens with zero attached hydrogens (tertiary/aromatic N) is 1. The molecule has 1 amide bonds. The van der Waals surface area contributed by atoms with E-state index < -0.39 is 0 Å². The number of anilines is 1. The molecule has 2 aliphatic heterocycles. The molecule has 5 heteroatoms. The minimum atomic E-state index is 0.176. The van der Waals surface area contributed by atoms with Gasteiger partial charge in [-0.3, -0.25) is 9.59 Å². The first-order chi connectivity index (χ1) is 14.7. The number of amides is 1. The molecule has 0 spiro atoms. The zero-order valence-corrected chi connectivity index (χ0v) is 17.7. The first kappa shape index (κ1) is 20.6. The van der Waals surface area contributed by atoms with E-state index in [1.807, 2.05) is 35.2 Å². The van der Waals surface area contributed by atoms with Gasteiger partial charge in [-0.2, -0.15) is 0 Å². The minimum Gasteiger partial charge on any atom is -0.496 e. The summed E-state index contributed by atoms with van der Waals surface area (Å²) in [6, 6.07) is 12.1. The Bertz CT molecular complexity index is 938. The molecule has 0 aromatic heterocycles. The predicted octanol–water partition coefficient (Wildman–Crippen LogP) is 3.72. The topological polar surface area (TPSA) is 58.6 Å². The summed E-state index contributed by atoms with van der Waals surface area (Å²) in [7, 11) is 1.70. The minimum absolute atomic E-state index is 0.176. The number of rotatable bonds is 10. The van der Waals surface area contributed by atoms with E-state index >= 15 is 0 Å². The van der Waals surface area contributed by atoms with Crippen molar-refractivity contribution in [2.24, 2.45) is 0 Å². The molecule has 5 nitrogen and oxygen atoms in total. The van der Waals surface area contributed by atoms with Gasteiger partial charge in [0.2, 0.25) is 5.91 Å². The molecular formula is C25H30N2O3. The van der Waals surface area contributed by atoms with Gasteiger partial charge in [0, 0.05) is 18.5 Å². The second-order valence-electron chi connectivity index (χ2n) is 8.16. The van der Waals surface area contributed by atoms with Gasteiger partial charge < -0.3 is 15.0 Å². The van der Waals surface area contributed by atoms with Crippen LogP contribution in [0.2, 0.25) is 0 Å². The van der Waals surface area contributed by atoms with E-state index in [1.54, 1.807) is 7.11 Å². The first-order valence-electron chi connectivity index (χ1n) is 11.0. The van der Waals surface area contributed by atoms with Crippen LogP contribution < -0.4 is 15.0 Å². The summed E-state index contributed by atoms with van der Waals surface area (Å²) >= 11 is 0. The Balaban J connectivity index is 1.21. The number of carbonyl (C=O) groups excluding carboxylic acids is 2. The number of para-hydroxylation sites is 1. The van der Waals surface area contributed by atoms with Crippen LogP contribution in [-0.4, -0.2) is 38.4 Å².